The summed E-state index contributed by atoms with van der Waals surface area (Å²) in [6, 6.07) is 11.4. The fourth-order valence-electron chi connectivity index (χ4n) is 1.34. The van der Waals surface area contributed by atoms with E-state index in [0.717, 1.165) is 6.04 Å². The van der Waals surface area contributed by atoms with E-state index in [1.807, 2.05) is 0 Å². The smallest absolute Gasteiger partial charge is 0.134 e. The van der Waals surface area contributed by atoms with Crippen molar-refractivity contribution in [2.45, 2.75) is 18.9 Å². The maximum absolute atomic E-state index is 2.36. The van der Waals surface area contributed by atoms with Gasteiger partial charge in [-0.25, -0.2) is 0 Å². The van der Waals surface area contributed by atoms with Gasteiger partial charge >= 0.3 is 0 Å². The predicted octanol–water partition coefficient (Wildman–Crippen LogP) is 2.25. The SMILES string of the molecule is C[N+](c1ccccc1)C1CC1. The van der Waals surface area contributed by atoms with E-state index < -0.39 is 0 Å². The lowest BCUT2D eigenvalue weighted by molar-refractivity contribution is 0.618. The standard InChI is InChI=1S/C10H13N/c1-11(10-7-8-10)9-5-3-2-4-6-9/h2-6,10H,7-8H2,1H3/q+1. The average molecular weight is 147 g/mol. The highest BCUT2D eigenvalue weighted by Crippen LogP contribution is 2.28. The van der Waals surface area contributed by atoms with Crippen LogP contribution in [0.1, 0.15) is 12.8 Å². The second kappa shape index (κ2) is 2.67. The molecule has 1 radical (unpaired) electrons. The molecular formula is C10H13N+. The van der Waals surface area contributed by atoms with Gasteiger partial charge in [0.1, 0.15) is 13.1 Å². The van der Waals surface area contributed by atoms with E-state index in [4.69, 9.17) is 0 Å². The highest BCUT2D eigenvalue weighted by Gasteiger charge is 2.36. The molecule has 1 fully saturated rings. The highest BCUT2D eigenvalue weighted by molar-refractivity contribution is 5.38. The molecule has 0 unspecified atom stereocenters. The molecule has 1 saturated carbocycles. The van der Waals surface area contributed by atoms with Gasteiger partial charge in [-0.05, 0) is 0 Å². The van der Waals surface area contributed by atoms with Gasteiger partial charge < -0.3 is 0 Å². The van der Waals surface area contributed by atoms with Crippen LogP contribution in [0, 0.1) is 0 Å². The molecule has 1 aliphatic rings. The van der Waals surface area contributed by atoms with E-state index in [1.54, 1.807) is 0 Å². The summed E-state index contributed by atoms with van der Waals surface area (Å²) in [5, 5.41) is 0. The Balaban J connectivity index is 2.15. The molecule has 0 saturated heterocycles. The third-order valence-corrected chi connectivity index (χ3v) is 2.26. The zero-order valence-corrected chi connectivity index (χ0v) is 6.83. The zero-order valence-electron chi connectivity index (χ0n) is 6.83. The van der Waals surface area contributed by atoms with Gasteiger partial charge in [0, 0.05) is 25.0 Å². The van der Waals surface area contributed by atoms with Crippen LogP contribution < -0.4 is 4.90 Å². The van der Waals surface area contributed by atoms with Crippen LogP contribution in [0.15, 0.2) is 30.3 Å². The van der Waals surface area contributed by atoms with Crippen LogP contribution in [0.25, 0.3) is 0 Å². The second-order valence-electron chi connectivity index (χ2n) is 3.18. The monoisotopic (exact) mass is 147 g/mol. The molecule has 1 aromatic carbocycles. The zero-order chi connectivity index (χ0) is 7.68. The Morgan fingerprint density at radius 2 is 1.82 bits per heavy atom. The van der Waals surface area contributed by atoms with E-state index in [2.05, 4.69) is 42.3 Å². The Bertz CT molecular complexity index is 226. The second-order valence-corrected chi connectivity index (χ2v) is 3.18. The lowest BCUT2D eigenvalue weighted by atomic mass is 10.3. The van der Waals surface area contributed by atoms with Crippen molar-refractivity contribution in [3.05, 3.63) is 30.3 Å². The number of hydrogen-bond acceptors (Lipinski definition) is 1. The van der Waals surface area contributed by atoms with Gasteiger partial charge in [-0.3, -0.25) is 0 Å². The Morgan fingerprint density at radius 3 is 2.36 bits per heavy atom. The van der Waals surface area contributed by atoms with E-state index in [-0.39, 0.29) is 0 Å². The van der Waals surface area contributed by atoms with Crippen molar-refractivity contribution in [2.24, 2.45) is 0 Å². The number of rotatable bonds is 2. The summed E-state index contributed by atoms with van der Waals surface area (Å²) in [6.45, 7) is 0. The van der Waals surface area contributed by atoms with Gasteiger partial charge in [0.15, 0.2) is 5.69 Å². The van der Waals surface area contributed by atoms with E-state index in [9.17, 15) is 0 Å². The molecule has 1 aromatic rings. The Morgan fingerprint density at radius 1 is 1.18 bits per heavy atom. The lowest BCUT2D eigenvalue weighted by Gasteiger charge is -2.02. The first-order chi connectivity index (χ1) is 5.38. The summed E-state index contributed by atoms with van der Waals surface area (Å²) in [6.07, 6.45) is 2.73. The van der Waals surface area contributed by atoms with Gasteiger partial charge in [0.05, 0.1) is 0 Å². The number of nitrogens with zero attached hydrogens (tertiary/aromatic N) is 1. The van der Waals surface area contributed by atoms with Crippen molar-refractivity contribution in [3.8, 4) is 0 Å². The minimum atomic E-state index is 0.817. The Hall–Kier alpha value is -0.820. The molecule has 57 valence electrons. The third-order valence-electron chi connectivity index (χ3n) is 2.26. The maximum atomic E-state index is 2.36. The molecule has 1 heteroatoms. The minimum Gasteiger partial charge on any atom is -0.134 e. The molecule has 1 nitrogen and oxygen atoms in total. The van der Waals surface area contributed by atoms with Gasteiger partial charge in [-0.1, -0.05) is 18.2 Å². The fourth-order valence-corrected chi connectivity index (χ4v) is 1.34. The first-order valence-electron chi connectivity index (χ1n) is 4.16. The number of benzene rings is 1. The Labute approximate surface area is 67.6 Å². The first-order valence-corrected chi connectivity index (χ1v) is 4.16. The molecule has 0 amide bonds. The summed E-state index contributed by atoms with van der Waals surface area (Å²) < 4.78 is 0. The lowest BCUT2D eigenvalue weighted by Crippen LogP contribution is -2.20. The van der Waals surface area contributed by atoms with Crippen LogP contribution >= 0.6 is 0 Å². The van der Waals surface area contributed by atoms with Crippen molar-refractivity contribution >= 4 is 5.69 Å². The molecule has 0 heterocycles. The van der Waals surface area contributed by atoms with Crippen LogP contribution in [-0.2, 0) is 0 Å². The van der Waals surface area contributed by atoms with E-state index >= 15 is 0 Å². The fraction of sp³-hybridized carbons (Fsp3) is 0.400. The van der Waals surface area contributed by atoms with Crippen LogP contribution in [0.4, 0.5) is 5.69 Å². The van der Waals surface area contributed by atoms with Gasteiger partial charge in [0.2, 0.25) is 0 Å². The summed E-state index contributed by atoms with van der Waals surface area (Å²) in [5.74, 6) is 0. The van der Waals surface area contributed by atoms with Crippen LogP contribution in [-0.4, -0.2) is 13.1 Å². The topological polar surface area (TPSA) is 5.90 Å². The van der Waals surface area contributed by atoms with E-state index in [0.29, 0.717) is 0 Å². The van der Waals surface area contributed by atoms with Crippen molar-refractivity contribution in [1.82, 2.24) is 4.90 Å². The average Bonchev–Trinajstić information content (AvgIpc) is 2.87. The van der Waals surface area contributed by atoms with Gasteiger partial charge in [-0.15, -0.1) is 4.90 Å². The number of para-hydroxylation sites is 1. The molecule has 2 rings (SSSR count). The first kappa shape index (κ1) is 6.86. The van der Waals surface area contributed by atoms with Crippen molar-refractivity contribution in [2.75, 3.05) is 7.05 Å². The molecular weight excluding hydrogens is 134 g/mol. The maximum Gasteiger partial charge on any atom is 0.180 e. The van der Waals surface area contributed by atoms with Crippen molar-refractivity contribution < 1.29 is 0 Å². The van der Waals surface area contributed by atoms with Crippen LogP contribution in [0.3, 0.4) is 0 Å². The highest BCUT2D eigenvalue weighted by atomic mass is 15.2. The number of anilines is 1. The van der Waals surface area contributed by atoms with Crippen LogP contribution in [0.2, 0.25) is 0 Å². The third kappa shape index (κ3) is 1.43. The number of hydrogen-bond donors (Lipinski definition) is 0. The molecule has 1 aliphatic carbocycles. The Kier molecular flexibility index (Phi) is 1.66. The van der Waals surface area contributed by atoms with Crippen molar-refractivity contribution in [3.63, 3.8) is 0 Å². The molecule has 0 bridgehead atoms. The molecule has 11 heavy (non-hydrogen) atoms. The summed E-state index contributed by atoms with van der Waals surface area (Å²) in [4.78, 5) is 2.36. The molecule has 0 atom stereocenters. The molecule has 0 N–H and O–H groups in total. The van der Waals surface area contributed by atoms with Gasteiger partial charge in [0.25, 0.3) is 0 Å². The van der Waals surface area contributed by atoms with Crippen LogP contribution in [0.5, 0.6) is 0 Å². The summed E-state index contributed by atoms with van der Waals surface area (Å²) >= 11 is 0. The summed E-state index contributed by atoms with van der Waals surface area (Å²) in [7, 11) is 2.17. The normalized spacial score (nSPS) is 17.3. The van der Waals surface area contributed by atoms with E-state index in [1.165, 1.54) is 18.5 Å². The molecule has 0 spiro atoms. The predicted molar refractivity (Wildman–Crippen MR) is 47.2 cm³/mol. The molecule has 0 aliphatic heterocycles. The minimum absolute atomic E-state index is 0.817. The quantitative estimate of drug-likeness (QED) is 0.566. The van der Waals surface area contributed by atoms with Crippen molar-refractivity contribution in [1.29, 1.82) is 0 Å². The van der Waals surface area contributed by atoms with Gasteiger partial charge in [-0.2, -0.15) is 0 Å². The summed E-state index contributed by atoms with van der Waals surface area (Å²) in [5.41, 5.74) is 1.34. The largest absolute Gasteiger partial charge is 0.180 e. The molecule has 0 aromatic heterocycles.